The number of benzene rings is 2. The molecular weight excluding hydrogens is 360 g/mol. The molecule has 0 radical (unpaired) electrons. The summed E-state index contributed by atoms with van der Waals surface area (Å²) in [4.78, 5) is 4.60. The van der Waals surface area contributed by atoms with E-state index in [1.807, 2.05) is 37.3 Å². The molecule has 7 heteroatoms. The molecule has 0 aliphatic heterocycles. The number of para-hydroxylation sites is 1. The number of aliphatic imine (C=N–C) groups is 1. The number of anilines is 1. The minimum Gasteiger partial charge on any atom is -0.357 e. The van der Waals surface area contributed by atoms with Crippen molar-refractivity contribution in [2.45, 2.75) is 26.3 Å². The summed E-state index contributed by atoms with van der Waals surface area (Å²) >= 11 is 0. The topological polar surface area (TPSA) is 82.6 Å². The number of sulfonamides is 1. The zero-order chi connectivity index (χ0) is 19.7. The highest BCUT2D eigenvalue weighted by Gasteiger charge is 2.08. The Morgan fingerprint density at radius 1 is 1.04 bits per heavy atom. The van der Waals surface area contributed by atoms with Crippen molar-refractivity contribution in [3.05, 3.63) is 65.7 Å². The van der Waals surface area contributed by atoms with Crippen molar-refractivity contribution in [2.24, 2.45) is 4.99 Å². The van der Waals surface area contributed by atoms with Crippen LogP contribution in [0.25, 0.3) is 0 Å². The van der Waals surface area contributed by atoms with Crippen molar-refractivity contribution in [3.63, 3.8) is 0 Å². The van der Waals surface area contributed by atoms with Crippen molar-refractivity contribution >= 4 is 21.7 Å². The van der Waals surface area contributed by atoms with E-state index in [9.17, 15) is 8.42 Å². The molecule has 0 heterocycles. The largest absolute Gasteiger partial charge is 0.357 e. The van der Waals surface area contributed by atoms with E-state index in [0.29, 0.717) is 24.1 Å². The first-order valence-corrected chi connectivity index (χ1v) is 10.9. The number of nitrogens with zero attached hydrogens (tertiary/aromatic N) is 1. The monoisotopic (exact) mass is 388 g/mol. The van der Waals surface area contributed by atoms with Gasteiger partial charge in [0, 0.05) is 13.1 Å². The first-order valence-electron chi connectivity index (χ1n) is 9.02. The van der Waals surface area contributed by atoms with Crippen molar-refractivity contribution < 1.29 is 8.42 Å². The van der Waals surface area contributed by atoms with E-state index in [1.54, 1.807) is 12.1 Å². The molecule has 0 aliphatic carbocycles. The van der Waals surface area contributed by atoms with Crippen molar-refractivity contribution in [2.75, 3.05) is 24.1 Å². The van der Waals surface area contributed by atoms with E-state index in [-0.39, 0.29) is 0 Å². The molecule has 1 atom stereocenters. The van der Waals surface area contributed by atoms with Crippen LogP contribution in [0, 0.1) is 0 Å². The van der Waals surface area contributed by atoms with E-state index >= 15 is 0 Å². The van der Waals surface area contributed by atoms with Crippen LogP contribution < -0.4 is 15.4 Å². The van der Waals surface area contributed by atoms with Gasteiger partial charge in [0.15, 0.2) is 5.96 Å². The van der Waals surface area contributed by atoms with Gasteiger partial charge in [0.2, 0.25) is 10.0 Å². The van der Waals surface area contributed by atoms with Gasteiger partial charge in [-0.3, -0.25) is 4.72 Å². The lowest BCUT2D eigenvalue weighted by atomic mass is 10.0. The van der Waals surface area contributed by atoms with Crippen molar-refractivity contribution in [1.82, 2.24) is 10.6 Å². The van der Waals surface area contributed by atoms with Gasteiger partial charge in [0.25, 0.3) is 0 Å². The molecule has 2 rings (SSSR count). The highest BCUT2D eigenvalue weighted by molar-refractivity contribution is 7.92. The predicted molar refractivity (Wildman–Crippen MR) is 113 cm³/mol. The van der Waals surface area contributed by atoms with Crippen LogP contribution in [0.3, 0.4) is 0 Å². The van der Waals surface area contributed by atoms with Crippen LogP contribution in [0.2, 0.25) is 0 Å². The highest BCUT2D eigenvalue weighted by atomic mass is 32.2. The molecule has 0 amide bonds. The van der Waals surface area contributed by atoms with E-state index in [2.05, 4.69) is 39.4 Å². The third-order valence-corrected chi connectivity index (χ3v) is 4.60. The molecule has 0 fully saturated rings. The van der Waals surface area contributed by atoms with Crippen LogP contribution in [0.15, 0.2) is 59.6 Å². The zero-order valence-corrected chi connectivity index (χ0v) is 16.9. The molecular formula is C20H28N4O2S. The highest BCUT2D eigenvalue weighted by Crippen LogP contribution is 2.17. The van der Waals surface area contributed by atoms with Crippen LogP contribution >= 0.6 is 0 Å². The average molecular weight is 389 g/mol. The Morgan fingerprint density at radius 3 is 2.37 bits per heavy atom. The molecule has 0 aromatic heterocycles. The SMILES string of the molecule is CCNC(=NCc1ccccc1NS(C)(=O)=O)NCC(C)c1ccccc1. The van der Waals surface area contributed by atoms with E-state index in [4.69, 9.17) is 0 Å². The van der Waals surface area contributed by atoms with Crippen LogP contribution in [-0.2, 0) is 16.6 Å². The van der Waals surface area contributed by atoms with Gasteiger partial charge in [-0.1, -0.05) is 55.5 Å². The summed E-state index contributed by atoms with van der Waals surface area (Å²) in [6.45, 7) is 6.04. The lowest BCUT2D eigenvalue weighted by molar-refractivity contribution is 0.606. The molecule has 3 N–H and O–H groups in total. The molecule has 6 nitrogen and oxygen atoms in total. The maximum absolute atomic E-state index is 11.5. The van der Waals surface area contributed by atoms with Crippen LogP contribution in [-0.4, -0.2) is 33.7 Å². The van der Waals surface area contributed by atoms with E-state index in [1.165, 1.54) is 5.56 Å². The van der Waals surface area contributed by atoms with Gasteiger partial charge >= 0.3 is 0 Å². The van der Waals surface area contributed by atoms with Crippen LogP contribution in [0.1, 0.15) is 30.9 Å². The maximum Gasteiger partial charge on any atom is 0.229 e. The first kappa shape index (κ1) is 20.8. The summed E-state index contributed by atoms with van der Waals surface area (Å²) in [7, 11) is -3.33. The van der Waals surface area contributed by atoms with Crippen LogP contribution in [0.4, 0.5) is 5.69 Å². The third kappa shape index (κ3) is 7.30. The van der Waals surface area contributed by atoms with Crippen molar-refractivity contribution in [1.29, 1.82) is 0 Å². The molecule has 0 aliphatic rings. The summed E-state index contributed by atoms with van der Waals surface area (Å²) < 4.78 is 25.6. The van der Waals surface area contributed by atoms with Gasteiger partial charge in [-0.15, -0.1) is 0 Å². The minimum absolute atomic E-state index is 0.342. The standard InChI is InChI=1S/C20H28N4O2S/c1-4-21-20(22-14-16(2)17-10-6-5-7-11-17)23-15-18-12-8-9-13-19(18)24-27(3,25)26/h5-13,16,24H,4,14-15H2,1-3H3,(H2,21,22,23). The Bertz CT molecular complexity index is 851. The van der Waals surface area contributed by atoms with Gasteiger partial charge in [0.1, 0.15) is 0 Å². The Labute approximate surface area is 162 Å². The molecule has 146 valence electrons. The lowest BCUT2D eigenvalue weighted by Crippen LogP contribution is -2.39. The van der Waals surface area contributed by atoms with Gasteiger partial charge < -0.3 is 10.6 Å². The smallest absolute Gasteiger partial charge is 0.229 e. The van der Waals surface area contributed by atoms with Crippen molar-refractivity contribution in [3.8, 4) is 0 Å². The molecule has 0 bridgehead atoms. The summed E-state index contributed by atoms with van der Waals surface area (Å²) in [6, 6.07) is 17.6. The fraction of sp³-hybridized carbons (Fsp3) is 0.350. The van der Waals surface area contributed by atoms with Gasteiger partial charge in [-0.2, -0.15) is 0 Å². The second-order valence-electron chi connectivity index (χ2n) is 6.42. The summed E-state index contributed by atoms with van der Waals surface area (Å²) in [5, 5.41) is 6.58. The molecule has 2 aromatic rings. The summed E-state index contributed by atoms with van der Waals surface area (Å²) in [6.07, 6.45) is 1.14. The van der Waals surface area contributed by atoms with Gasteiger partial charge in [-0.05, 0) is 30.0 Å². The fourth-order valence-corrected chi connectivity index (χ4v) is 3.21. The number of hydrogen-bond donors (Lipinski definition) is 3. The normalized spacial score (nSPS) is 13.1. The Hall–Kier alpha value is -2.54. The third-order valence-electron chi connectivity index (χ3n) is 4.01. The van der Waals surface area contributed by atoms with Gasteiger partial charge in [0.05, 0.1) is 18.5 Å². The second-order valence-corrected chi connectivity index (χ2v) is 8.17. The zero-order valence-electron chi connectivity index (χ0n) is 16.1. The number of hydrogen-bond acceptors (Lipinski definition) is 3. The van der Waals surface area contributed by atoms with E-state index in [0.717, 1.165) is 24.9 Å². The summed E-state index contributed by atoms with van der Waals surface area (Å²) in [5.41, 5.74) is 2.64. The predicted octanol–water partition coefficient (Wildman–Crippen LogP) is 2.92. The molecule has 0 saturated carbocycles. The first-order chi connectivity index (χ1) is 12.9. The molecule has 0 saturated heterocycles. The number of rotatable bonds is 8. The second kappa shape index (κ2) is 9.97. The average Bonchev–Trinajstić information content (AvgIpc) is 2.64. The van der Waals surface area contributed by atoms with Gasteiger partial charge in [-0.25, -0.2) is 13.4 Å². The van der Waals surface area contributed by atoms with Crippen LogP contribution in [0.5, 0.6) is 0 Å². The minimum atomic E-state index is -3.33. The van der Waals surface area contributed by atoms with E-state index < -0.39 is 10.0 Å². The Kier molecular flexibility index (Phi) is 7.67. The lowest BCUT2D eigenvalue weighted by Gasteiger charge is -2.16. The summed E-state index contributed by atoms with van der Waals surface area (Å²) in [5.74, 6) is 1.05. The molecule has 2 aromatic carbocycles. The quantitative estimate of drug-likeness (QED) is 0.480. The number of guanidine groups is 1. The fourth-order valence-electron chi connectivity index (χ4n) is 2.61. The molecule has 27 heavy (non-hydrogen) atoms. The Morgan fingerprint density at radius 2 is 1.70 bits per heavy atom. The Balaban J connectivity index is 2.05. The molecule has 0 spiro atoms. The molecule has 1 unspecified atom stereocenters. The number of nitrogens with one attached hydrogen (secondary N) is 3. The maximum atomic E-state index is 11.5.